The Morgan fingerprint density at radius 2 is 1.44 bits per heavy atom. The predicted molar refractivity (Wildman–Crippen MR) is 126 cm³/mol. The third kappa shape index (κ3) is 5.52. The first-order chi connectivity index (χ1) is 15.0. The Labute approximate surface area is 192 Å². The molecule has 2 N–H and O–H groups in total. The fraction of sp³-hybridized carbons (Fsp3) is 0.478. The van der Waals surface area contributed by atoms with Crippen LogP contribution < -0.4 is 24.4 Å². The Balaban J connectivity index is 0.000000206. The van der Waals surface area contributed by atoms with E-state index in [4.69, 9.17) is 18.9 Å². The molecule has 0 aliphatic carbocycles. The van der Waals surface area contributed by atoms with Crippen molar-refractivity contribution in [1.29, 1.82) is 0 Å². The van der Waals surface area contributed by atoms with Gasteiger partial charge in [0.05, 0.1) is 32.9 Å². The van der Waals surface area contributed by atoms with Crippen molar-refractivity contribution in [2.75, 3.05) is 34.5 Å². The summed E-state index contributed by atoms with van der Waals surface area (Å²) in [6.45, 7) is 9.78. The standard InChI is InChI=1S/C11H15BO4.C11H14O2.CH3BO/c1-11(2)6-16-10-7(11)4-5-8(15-3)9(10)12(13)14;1-11(2)7-13-10-6-8(12-3)4-5-9(10)11;1-3-2/h4-5,13-14H,6H2,1-3H3;4-6H,7H2,1-3H3;1H3. The quantitative estimate of drug-likeness (QED) is 0.705. The Hall–Kier alpha value is -2.35. The minimum Gasteiger partial charge on any atom is -0.497 e. The molecule has 2 aliphatic heterocycles. The van der Waals surface area contributed by atoms with E-state index >= 15 is 0 Å². The van der Waals surface area contributed by atoms with Crippen LogP contribution in [-0.4, -0.2) is 59.8 Å². The van der Waals surface area contributed by atoms with Gasteiger partial charge in [0, 0.05) is 35.1 Å². The molecule has 32 heavy (non-hydrogen) atoms. The van der Waals surface area contributed by atoms with Crippen molar-refractivity contribution >= 4 is 20.6 Å². The van der Waals surface area contributed by atoms with Gasteiger partial charge < -0.3 is 33.6 Å². The fourth-order valence-corrected chi connectivity index (χ4v) is 3.67. The maximum absolute atomic E-state index is 9.37. The molecule has 0 atom stereocenters. The Kier molecular flexibility index (Phi) is 8.51. The zero-order valence-corrected chi connectivity index (χ0v) is 19.9. The van der Waals surface area contributed by atoms with Crippen molar-refractivity contribution in [3.8, 4) is 23.0 Å². The lowest BCUT2D eigenvalue weighted by Crippen LogP contribution is -2.32. The predicted octanol–water partition coefficient (Wildman–Crippen LogP) is 2.13. The van der Waals surface area contributed by atoms with Crippen LogP contribution in [0.5, 0.6) is 23.0 Å². The van der Waals surface area contributed by atoms with Gasteiger partial charge in [-0.15, -0.1) is 0 Å². The summed E-state index contributed by atoms with van der Waals surface area (Å²) in [5, 5.41) is 18.7. The van der Waals surface area contributed by atoms with Gasteiger partial charge in [0.25, 0.3) is 8.05 Å². The van der Waals surface area contributed by atoms with Gasteiger partial charge in [0.15, 0.2) is 0 Å². The second-order valence-corrected chi connectivity index (χ2v) is 8.87. The number of rotatable bonds is 3. The van der Waals surface area contributed by atoms with Gasteiger partial charge in [0.2, 0.25) is 0 Å². The van der Waals surface area contributed by atoms with Crippen LogP contribution in [0, 0.1) is 0 Å². The summed E-state index contributed by atoms with van der Waals surface area (Å²) in [6, 6.07) is 9.66. The molecule has 2 heterocycles. The van der Waals surface area contributed by atoms with Crippen molar-refractivity contribution < 1.29 is 33.6 Å². The summed E-state index contributed by atoms with van der Waals surface area (Å²) >= 11 is 0. The lowest BCUT2D eigenvalue weighted by atomic mass is 9.75. The van der Waals surface area contributed by atoms with E-state index in [0.717, 1.165) is 23.7 Å². The van der Waals surface area contributed by atoms with E-state index < -0.39 is 7.12 Å². The molecule has 0 unspecified atom stereocenters. The fourth-order valence-electron chi connectivity index (χ4n) is 3.67. The van der Waals surface area contributed by atoms with Crippen molar-refractivity contribution in [2.24, 2.45) is 0 Å². The number of methoxy groups -OCH3 is 2. The van der Waals surface area contributed by atoms with E-state index in [9.17, 15) is 10.0 Å². The van der Waals surface area contributed by atoms with Crippen LogP contribution in [-0.2, 0) is 15.5 Å². The van der Waals surface area contributed by atoms with E-state index in [2.05, 4.69) is 46.5 Å². The van der Waals surface area contributed by atoms with Crippen molar-refractivity contribution in [3.63, 3.8) is 0 Å². The summed E-state index contributed by atoms with van der Waals surface area (Å²) in [5.41, 5.74) is 2.60. The highest BCUT2D eigenvalue weighted by Gasteiger charge is 2.37. The molecule has 2 radical (unpaired) electrons. The molecule has 0 saturated carbocycles. The molecule has 0 fully saturated rings. The van der Waals surface area contributed by atoms with Gasteiger partial charge >= 0.3 is 7.12 Å². The van der Waals surface area contributed by atoms with Gasteiger partial charge in [-0.2, -0.15) is 0 Å². The number of fused-ring (bicyclic) bond motifs is 2. The molecule has 172 valence electrons. The number of hydrogen-bond acceptors (Lipinski definition) is 7. The normalized spacial score (nSPS) is 16.0. The maximum Gasteiger partial charge on any atom is 0.496 e. The number of hydrogen-bond donors (Lipinski definition) is 2. The zero-order chi connectivity index (χ0) is 24.1. The van der Waals surface area contributed by atoms with E-state index in [-0.39, 0.29) is 10.8 Å². The van der Waals surface area contributed by atoms with Crippen molar-refractivity contribution in [2.45, 2.75) is 38.5 Å². The molecule has 4 rings (SSSR count). The molecule has 0 saturated heterocycles. The number of benzene rings is 2. The van der Waals surface area contributed by atoms with E-state index in [1.165, 1.54) is 19.8 Å². The molecule has 7 nitrogen and oxygen atoms in total. The molecule has 2 aromatic carbocycles. The van der Waals surface area contributed by atoms with Gasteiger partial charge in [-0.25, -0.2) is 0 Å². The average Bonchev–Trinajstić information content (AvgIpc) is 3.23. The third-order valence-corrected chi connectivity index (χ3v) is 5.45. The lowest BCUT2D eigenvalue weighted by molar-refractivity contribution is 0.290. The second kappa shape index (κ2) is 10.5. The first-order valence-corrected chi connectivity index (χ1v) is 10.3. The summed E-state index contributed by atoms with van der Waals surface area (Å²) in [4.78, 5) is 0. The maximum atomic E-state index is 9.37. The summed E-state index contributed by atoms with van der Waals surface area (Å²) in [6.07, 6.45) is 0. The Bertz CT molecular complexity index is 913. The molecule has 2 aliphatic rings. The molecule has 9 heteroatoms. The van der Waals surface area contributed by atoms with E-state index in [1.54, 1.807) is 13.2 Å². The van der Waals surface area contributed by atoms with Gasteiger partial charge in [-0.05, 0) is 12.1 Å². The van der Waals surface area contributed by atoms with Crippen molar-refractivity contribution in [3.05, 3.63) is 41.5 Å². The zero-order valence-electron chi connectivity index (χ0n) is 19.9. The molecule has 0 amide bonds. The molecule has 0 spiro atoms. The van der Waals surface area contributed by atoms with Crippen LogP contribution >= 0.6 is 0 Å². The van der Waals surface area contributed by atoms with Crippen LogP contribution in [0.25, 0.3) is 0 Å². The van der Waals surface area contributed by atoms with Crippen molar-refractivity contribution in [1.82, 2.24) is 0 Å². The molecule has 0 aromatic heterocycles. The lowest BCUT2D eigenvalue weighted by Gasteiger charge is -2.16. The minimum absolute atomic E-state index is 0.106. The Morgan fingerprint density at radius 1 is 0.875 bits per heavy atom. The summed E-state index contributed by atoms with van der Waals surface area (Å²) in [5.74, 6) is 2.80. The molecular formula is C23H32B2O7. The van der Waals surface area contributed by atoms with Crippen LogP contribution in [0.4, 0.5) is 0 Å². The third-order valence-electron chi connectivity index (χ3n) is 5.45. The highest BCUT2D eigenvalue weighted by molar-refractivity contribution is 6.61. The molecule has 2 aromatic rings. The molecule has 0 bridgehead atoms. The van der Waals surface area contributed by atoms with Crippen LogP contribution in [0.3, 0.4) is 0 Å². The SMILES string of the molecule is COc1ccc2c(c1)OCC2(C)C.COc1ccc2c(c1B(O)O)OCC2(C)C.[B]OC. The topological polar surface area (TPSA) is 86.6 Å². The average molecular weight is 442 g/mol. The first-order valence-electron chi connectivity index (χ1n) is 10.3. The summed E-state index contributed by atoms with van der Waals surface area (Å²) in [7, 11) is 7.33. The second-order valence-electron chi connectivity index (χ2n) is 8.87. The smallest absolute Gasteiger partial charge is 0.496 e. The van der Waals surface area contributed by atoms with Gasteiger partial charge in [-0.1, -0.05) is 39.8 Å². The largest absolute Gasteiger partial charge is 0.497 e. The highest BCUT2D eigenvalue weighted by atomic mass is 16.5. The van der Waals surface area contributed by atoms with Crippen LogP contribution in [0.15, 0.2) is 30.3 Å². The molecular weight excluding hydrogens is 410 g/mol. The van der Waals surface area contributed by atoms with E-state index in [0.29, 0.717) is 23.6 Å². The highest BCUT2D eigenvalue weighted by Crippen LogP contribution is 2.40. The van der Waals surface area contributed by atoms with Gasteiger partial charge in [0.1, 0.15) is 23.0 Å². The van der Waals surface area contributed by atoms with Crippen LogP contribution in [0.2, 0.25) is 0 Å². The monoisotopic (exact) mass is 442 g/mol. The van der Waals surface area contributed by atoms with E-state index in [1.807, 2.05) is 18.2 Å². The van der Waals surface area contributed by atoms with Crippen LogP contribution in [0.1, 0.15) is 38.8 Å². The Morgan fingerprint density at radius 3 is 2.00 bits per heavy atom. The van der Waals surface area contributed by atoms with Gasteiger partial charge in [-0.3, -0.25) is 0 Å². The summed E-state index contributed by atoms with van der Waals surface area (Å²) < 4.78 is 25.1. The first kappa shape index (κ1) is 25.9. The minimum atomic E-state index is -1.58. The number of ether oxygens (including phenoxy) is 4.